The zero-order chi connectivity index (χ0) is 15.0. The summed E-state index contributed by atoms with van der Waals surface area (Å²) in [6.07, 6.45) is 5.26. The second kappa shape index (κ2) is 7.69. The van der Waals surface area contributed by atoms with Crippen molar-refractivity contribution in [3.63, 3.8) is 0 Å². The quantitative estimate of drug-likeness (QED) is 0.549. The molecule has 1 heterocycles. The molecule has 0 aliphatic carbocycles. The number of hydrogen-bond donors (Lipinski definition) is 3. The predicted molar refractivity (Wildman–Crippen MR) is 78.4 cm³/mol. The van der Waals surface area contributed by atoms with Crippen molar-refractivity contribution in [2.75, 3.05) is 13.1 Å². The van der Waals surface area contributed by atoms with E-state index in [1.165, 1.54) is 0 Å². The molecule has 0 unspecified atom stereocenters. The van der Waals surface area contributed by atoms with E-state index in [2.05, 4.69) is 20.6 Å². The Hall–Kier alpha value is -1.82. The van der Waals surface area contributed by atoms with E-state index in [1.54, 1.807) is 0 Å². The predicted octanol–water partition coefficient (Wildman–Crippen LogP) is 1.89. The number of hydrogen-bond acceptors (Lipinski definition) is 4. The van der Waals surface area contributed by atoms with Crippen molar-refractivity contribution in [2.24, 2.45) is 0 Å². The number of carbonyl (C=O) groups excluding carboxylic acids is 1. The van der Waals surface area contributed by atoms with Crippen molar-refractivity contribution in [3.8, 4) is 0 Å². The van der Waals surface area contributed by atoms with Gasteiger partial charge in [0.05, 0.1) is 0 Å². The van der Waals surface area contributed by atoms with Gasteiger partial charge in [0.15, 0.2) is 0 Å². The van der Waals surface area contributed by atoms with Gasteiger partial charge in [-0.25, -0.2) is 9.78 Å². The van der Waals surface area contributed by atoms with Crippen molar-refractivity contribution in [1.82, 2.24) is 20.6 Å². The van der Waals surface area contributed by atoms with Crippen LogP contribution in [0.5, 0.6) is 0 Å². The fourth-order valence-electron chi connectivity index (χ4n) is 1.47. The normalized spacial score (nSPS) is 11.8. The van der Waals surface area contributed by atoms with Gasteiger partial charge in [0.2, 0.25) is 0 Å². The molecular formula is C14H24N4O2. The molecule has 3 N–H and O–H groups in total. The van der Waals surface area contributed by atoms with Crippen LogP contribution in [0.1, 0.15) is 32.3 Å². The fourth-order valence-corrected chi connectivity index (χ4v) is 1.47. The van der Waals surface area contributed by atoms with E-state index in [0.29, 0.717) is 6.54 Å². The van der Waals surface area contributed by atoms with Crippen molar-refractivity contribution in [2.45, 2.75) is 39.8 Å². The third-order valence-electron chi connectivity index (χ3n) is 2.26. The molecule has 1 aromatic rings. The molecule has 112 valence electrons. The third kappa shape index (κ3) is 7.58. The standard InChI is InChI=1S/C14H24N4O2/c1-11-17-10-12(18-11)9-15-7-5-6-8-16-13(19)20-14(2,3)4/h5-6,10,15H,7-9H2,1-4H3,(H,16,19)(H,17,18)/b6-5+. The number of nitrogens with one attached hydrogen (secondary N) is 3. The molecule has 0 aliphatic heterocycles. The second-order valence-electron chi connectivity index (χ2n) is 5.48. The Labute approximate surface area is 120 Å². The molecule has 0 atom stereocenters. The van der Waals surface area contributed by atoms with Crippen LogP contribution in [0.25, 0.3) is 0 Å². The van der Waals surface area contributed by atoms with Crippen LogP contribution in [0, 0.1) is 6.92 Å². The summed E-state index contributed by atoms with van der Waals surface area (Å²) in [5, 5.41) is 5.90. The average Bonchev–Trinajstić information content (AvgIpc) is 2.71. The smallest absolute Gasteiger partial charge is 0.407 e. The van der Waals surface area contributed by atoms with Crippen LogP contribution in [-0.4, -0.2) is 34.8 Å². The van der Waals surface area contributed by atoms with E-state index < -0.39 is 11.7 Å². The molecule has 6 nitrogen and oxygen atoms in total. The van der Waals surface area contributed by atoms with E-state index in [1.807, 2.05) is 46.0 Å². The summed E-state index contributed by atoms with van der Waals surface area (Å²) in [6.45, 7) is 9.36. The number of alkyl carbamates (subject to hydrolysis) is 1. The number of aryl methyl sites for hydroxylation is 1. The Bertz CT molecular complexity index is 446. The van der Waals surface area contributed by atoms with Gasteiger partial charge < -0.3 is 20.4 Å². The van der Waals surface area contributed by atoms with Crippen LogP contribution in [0.15, 0.2) is 18.3 Å². The average molecular weight is 280 g/mol. The summed E-state index contributed by atoms with van der Waals surface area (Å²) in [4.78, 5) is 18.6. The maximum absolute atomic E-state index is 11.3. The number of rotatable bonds is 6. The number of H-pyrrole nitrogens is 1. The summed E-state index contributed by atoms with van der Waals surface area (Å²) in [5.41, 5.74) is 0.597. The van der Waals surface area contributed by atoms with E-state index in [0.717, 1.165) is 24.6 Å². The molecule has 1 aromatic heterocycles. The number of ether oxygens (including phenoxy) is 1. The topological polar surface area (TPSA) is 79.0 Å². The first-order chi connectivity index (χ1) is 9.37. The lowest BCUT2D eigenvalue weighted by Gasteiger charge is -2.19. The lowest BCUT2D eigenvalue weighted by Crippen LogP contribution is -2.32. The summed E-state index contributed by atoms with van der Waals surface area (Å²) in [6, 6.07) is 0. The Morgan fingerprint density at radius 2 is 2.10 bits per heavy atom. The minimum Gasteiger partial charge on any atom is -0.444 e. The highest BCUT2D eigenvalue weighted by Crippen LogP contribution is 2.06. The molecular weight excluding hydrogens is 256 g/mol. The SMILES string of the molecule is Cc1ncc(CNC/C=C/CNC(=O)OC(C)(C)C)[nH]1. The molecule has 0 fully saturated rings. The molecule has 20 heavy (non-hydrogen) atoms. The third-order valence-corrected chi connectivity index (χ3v) is 2.26. The largest absolute Gasteiger partial charge is 0.444 e. The summed E-state index contributed by atoms with van der Waals surface area (Å²) in [5.74, 6) is 0.916. The second-order valence-corrected chi connectivity index (χ2v) is 5.48. The molecule has 0 spiro atoms. The summed E-state index contributed by atoms with van der Waals surface area (Å²) >= 11 is 0. The Kier molecular flexibility index (Phi) is 6.24. The lowest BCUT2D eigenvalue weighted by molar-refractivity contribution is 0.0534. The minimum atomic E-state index is -0.461. The van der Waals surface area contributed by atoms with Gasteiger partial charge in [-0.05, 0) is 27.7 Å². The fraction of sp³-hybridized carbons (Fsp3) is 0.571. The van der Waals surface area contributed by atoms with Gasteiger partial charge in [-0.1, -0.05) is 12.2 Å². The lowest BCUT2D eigenvalue weighted by atomic mass is 10.2. The molecule has 0 radical (unpaired) electrons. The first kappa shape index (κ1) is 16.2. The number of carbonyl (C=O) groups is 1. The maximum Gasteiger partial charge on any atom is 0.407 e. The Morgan fingerprint density at radius 3 is 2.70 bits per heavy atom. The van der Waals surface area contributed by atoms with Crippen molar-refractivity contribution in [1.29, 1.82) is 0 Å². The monoisotopic (exact) mass is 280 g/mol. The van der Waals surface area contributed by atoms with Crippen LogP contribution in [0.3, 0.4) is 0 Å². The molecule has 6 heteroatoms. The van der Waals surface area contributed by atoms with Crippen LogP contribution in [0.2, 0.25) is 0 Å². The number of imidazole rings is 1. The maximum atomic E-state index is 11.3. The van der Waals surface area contributed by atoms with Crippen molar-refractivity contribution in [3.05, 3.63) is 29.9 Å². The summed E-state index contributed by atoms with van der Waals surface area (Å²) in [7, 11) is 0. The zero-order valence-electron chi connectivity index (χ0n) is 12.6. The number of amides is 1. The van der Waals surface area contributed by atoms with E-state index in [9.17, 15) is 4.79 Å². The van der Waals surface area contributed by atoms with Crippen molar-refractivity contribution >= 4 is 6.09 Å². The summed E-state index contributed by atoms with van der Waals surface area (Å²) < 4.78 is 5.11. The highest BCUT2D eigenvalue weighted by atomic mass is 16.6. The highest BCUT2D eigenvalue weighted by molar-refractivity contribution is 5.67. The first-order valence-electron chi connectivity index (χ1n) is 6.70. The van der Waals surface area contributed by atoms with Gasteiger partial charge in [0.25, 0.3) is 0 Å². The zero-order valence-corrected chi connectivity index (χ0v) is 12.6. The highest BCUT2D eigenvalue weighted by Gasteiger charge is 2.14. The van der Waals surface area contributed by atoms with Gasteiger partial charge in [0.1, 0.15) is 11.4 Å². The van der Waals surface area contributed by atoms with E-state index >= 15 is 0 Å². The van der Waals surface area contributed by atoms with Crippen molar-refractivity contribution < 1.29 is 9.53 Å². The molecule has 0 bridgehead atoms. The molecule has 1 amide bonds. The molecule has 0 saturated heterocycles. The molecule has 0 aromatic carbocycles. The molecule has 1 rings (SSSR count). The molecule has 0 aliphatic rings. The van der Waals surface area contributed by atoms with Crippen LogP contribution < -0.4 is 10.6 Å². The van der Waals surface area contributed by atoms with Gasteiger partial charge in [-0.2, -0.15) is 0 Å². The minimum absolute atomic E-state index is 0.400. The van der Waals surface area contributed by atoms with Gasteiger partial charge in [-0.15, -0.1) is 0 Å². The molecule has 0 saturated carbocycles. The Morgan fingerprint density at radius 1 is 1.40 bits per heavy atom. The first-order valence-corrected chi connectivity index (χ1v) is 6.70. The van der Waals surface area contributed by atoms with Crippen LogP contribution in [-0.2, 0) is 11.3 Å². The number of aromatic nitrogens is 2. The van der Waals surface area contributed by atoms with E-state index in [-0.39, 0.29) is 0 Å². The van der Waals surface area contributed by atoms with E-state index in [4.69, 9.17) is 4.74 Å². The number of nitrogens with zero attached hydrogens (tertiary/aromatic N) is 1. The van der Waals surface area contributed by atoms with Gasteiger partial charge in [-0.3, -0.25) is 0 Å². The van der Waals surface area contributed by atoms with Gasteiger partial charge >= 0.3 is 6.09 Å². The number of aromatic amines is 1. The van der Waals surface area contributed by atoms with Gasteiger partial charge in [0, 0.05) is 31.5 Å². The van der Waals surface area contributed by atoms with Crippen LogP contribution in [0.4, 0.5) is 4.79 Å². The van der Waals surface area contributed by atoms with Crippen LogP contribution >= 0.6 is 0 Å². The Balaban J connectivity index is 2.06.